The minimum Gasteiger partial charge on any atom is -0.383 e. The number of nitrogens with zero attached hydrogens (tertiary/aromatic N) is 2. The summed E-state index contributed by atoms with van der Waals surface area (Å²) in [6.45, 7) is 6.99. The van der Waals surface area contributed by atoms with Gasteiger partial charge >= 0.3 is 0 Å². The lowest BCUT2D eigenvalue weighted by Gasteiger charge is -2.14. The van der Waals surface area contributed by atoms with Crippen LogP contribution in [0.25, 0.3) is 21.3 Å². The van der Waals surface area contributed by atoms with Crippen LogP contribution in [0.5, 0.6) is 0 Å². The smallest absolute Gasteiger partial charge is 0.139 e. The number of hydrogen-bond acceptors (Lipinski definition) is 5. The third-order valence-corrected chi connectivity index (χ3v) is 4.87. The van der Waals surface area contributed by atoms with Crippen LogP contribution in [0.3, 0.4) is 0 Å². The minimum absolute atomic E-state index is 0.186. The number of aryl methyl sites for hydroxylation is 2. The molecular formula is C18H21N3OS. The largest absolute Gasteiger partial charge is 0.383 e. The highest BCUT2D eigenvalue weighted by atomic mass is 32.1. The first-order chi connectivity index (χ1) is 11.1. The molecule has 1 aromatic carbocycles. The van der Waals surface area contributed by atoms with E-state index in [9.17, 15) is 0 Å². The Labute approximate surface area is 140 Å². The Kier molecular flexibility index (Phi) is 4.59. The lowest BCUT2D eigenvalue weighted by Crippen LogP contribution is -2.21. The maximum atomic E-state index is 5.21. The van der Waals surface area contributed by atoms with E-state index in [0.717, 1.165) is 16.0 Å². The number of hydrogen-bond donors (Lipinski definition) is 1. The van der Waals surface area contributed by atoms with Crippen molar-refractivity contribution in [1.82, 2.24) is 9.97 Å². The molecule has 0 spiro atoms. The number of rotatable bonds is 5. The normalized spacial score (nSPS) is 12.5. The van der Waals surface area contributed by atoms with Crippen molar-refractivity contribution in [1.29, 1.82) is 0 Å². The predicted octanol–water partition coefficient (Wildman–Crippen LogP) is 4.42. The van der Waals surface area contributed by atoms with Gasteiger partial charge in [-0.15, -0.1) is 11.3 Å². The number of ether oxygens (including phenoxy) is 1. The number of methoxy groups -OCH3 is 1. The minimum atomic E-state index is 0.186. The zero-order valence-electron chi connectivity index (χ0n) is 13.9. The Morgan fingerprint density at radius 2 is 2.04 bits per heavy atom. The first-order valence-electron chi connectivity index (χ1n) is 7.65. The molecule has 0 fully saturated rings. The van der Waals surface area contributed by atoms with E-state index in [1.807, 2.05) is 0 Å². The summed E-state index contributed by atoms with van der Waals surface area (Å²) in [5.74, 6) is 0.869. The van der Waals surface area contributed by atoms with E-state index in [2.05, 4.69) is 59.6 Å². The number of anilines is 1. The van der Waals surface area contributed by atoms with Crippen LogP contribution >= 0.6 is 11.3 Å². The Bertz CT molecular complexity index is 828. The van der Waals surface area contributed by atoms with Crippen LogP contribution in [0, 0.1) is 13.8 Å². The maximum absolute atomic E-state index is 5.21. The lowest BCUT2D eigenvalue weighted by atomic mass is 10.0. The van der Waals surface area contributed by atoms with E-state index < -0.39 is 0 Å². The molecule has 0 aliphatic heterocycles. The average molecular weight is 327 g/mol. The second kappa shape index (κ2) is 6.64. The molecule has 4 nitrogen and oxygen atoms in total. The van der Waals surface area contributed by atoms with Crippen molar-refractivity contribution >= 4 is 27.4 Å². The van der Waals surface area contributed by atoms with Crippen LogP contribution < -0.4 is 5.32 Å². The summed E-state index contributed by atoms with van der Waals surface area (Å²) >= 11 is 1.65. The van der Waals surface area contributed by atoms with Gasteiger partial charge in [-0.2, -0.15) is 0 Å². The molecule has 1 N–H and O–H groups in total. The van der Waals surface area contributed by atoms with Crippen molar-refractivity contribution in [2.24, 2.45) is 0 Å². The molecule has 2 aromatic heterocycles. The lowest BCUT2D eigenvalue weighted by molar-refractivity contribution is 0.190. The molecule has 23 heavy (non-hydrogen) atoms. The van der Waals surface area contributed by atoms with Crippen molar-refractivity contribution in [2.75, 3.05) is 19.0 Å². The molecular weight excluding hydrogens is 306 g/mol. The van der Waals surface area contributed by atoms with Crippen LogP contribution in [0.1, 0.15) is 18.1 Å². The third-order valence-electron chi connectivity index (χ3n) is 3.99. The Morgan fingerprint density at radius 3 is 2.78 bits per heavy atom. The van der Waals surface area contributed by atoms with Gasteiger partial charge in [-0.3, -0.25) is 0 Å². The van der Waals surface area contributed by atoms with Gasteiger partial charge in [0.05, 0.1) is 12.0 Å². The van der Waals surface area contributed by atoms with Crippen LogP contribution in [-0.2, 0) is 4.74 Å². The topological polar surface area (TPSA) is 47.0 Å². The summed E-state index contributed by atoms with van der Waals surface area (Å²) in [6.07, 6.45) is 1.62. The summed E-state index contributed by atoms with van der Waals surface area (Å²) in [5, 5.41) is 6.69. The number of thiophene rings is 1. The molecule has 5 heteroatoms. The van der Waals surface area contributed by atoms with Crippen molar-refractivity contribution in [3.63, 3.8) is 0 Å². The molecule has 2 heterocycles. The van der Waals surface area contributed by atoms with E-state index in [4.69, 9.17) is 4.74 Å². The molecule has 3 aromatic rings. The van der Waals surface area contributed by atoms with Crippen LogP contribution in [-0.4, -0.2) is 29.7 Å². The standard InChI is InChI=1S/C18H21N3OS/c1-11-5-6-14(7-12(11)2)15-9-23-18-16(15)17(19-10-20-18)21-13(3)8-22-4/h5-7,9-10,13H,8H2,1-4H3,(H,19,20,21)/t13-/m0/s1. The van der Waals surface area contributed by atoms with Gasteiger partial charge in [0.15, 0.2) is 0 Å². The summed E-state index contributed by atoms with van der Waals surface area (Å²) in [5.41, 5.74) is 4.98. The van der Waals surface area contributed by atoms with E-state index >= 15 is 0 Å². The Hall–Kier alpha value is -1.98. The van der Waals surface area contributed by atoms with Gasteiger partial charge in [-0.05, 0) is 37.5 Å². The van der Waals surface area contributed by atoms with Crippen LogP contribution in [0.15, 0.2) is 29.9 Å². The molecule has 0 amide bonds. The highest BCUT2D eigenvalue weighted by molar-refractivity contribution is 7.17. The van der Waals surface area contributed by atoms with E-state index in [-0.39, 0.29) is 6.04 Å². The molecule has 1 atom stereocenters. The SMILES string of the molecule is COC[C@H](C)Nc1ncnc2scc(-c3ccc(C)c(C)c3)c12. The van der Waals surface area contributed by atoms with Crippen LogP contribution in [0.4, 0.5) is 5.82 Å². The van der Waals surface area contributed by atoms with Crippen LogP contribution in [0.2, 0.25) is 0 Å². The first kappa shape index (κ1) is 15.9. The van der Waals surface area contributed by atoms with Crippen molar-refractivity contribution in [3.8, 4) is 11.1 Å². The number of nitrogens with one attached hydrogen (secondary N) is 1. The zero-order chi connectivity index (χ0) is 16.4. The molecule has 0 aliphatic rings. The van der Waals surface area contributed by atoms with Gasteiger partial charge in [-0.1, -0.05) is 18.2 Å². The number of fused-ring (bicyclic) bond motifs is 1. The fourth-order valence-corrected chi connectivity index (χ4v) is 3.55. The highest BCUT2D eigenvalue weighted by Gasteiger charge is 2.15. The Morgan fingerprint density at radius 1 is 1.22 bits per heavy atom. The maximum Gasteiger partial charge on any atom is 0.139 e. The van der Waals surface area contributed by atoms with Gasteiger partial charge in [0.1, 0.15) is 17.0 Å². The third kappa shape index (κ3) is 3.21. The first-order valence-corrected chi connectivity index (χ1v) is 8.53. The molecule has 0 aliphatic carbocycles. The van der Waals surface area contributed by atoms with E-state index in [1.165, 1.54) is 22.3 Å². The summed E-state index contributed by atoms with van der Waals surface area (Å²) < 4.78 is 5.21. The quantitative estimate of drug-likeness (QED) is 0.753. The second-order valence-corrected chi connectivity index (χ2v) is 6.71. The summed E-state index contributed by atoms with van der Waals surface area (Å²) in [7, 11) is 1.71. The number of aromatic nitrogens is 2. The van der Waals surface area contributed by atoms with Gasteiger partial charge < -0.3 is 10.1 Å². The van der Waals surface area contributed by atoms with Gasteiger partial charge in [0, 0.05) is 24.1 Å². The Balaban J connectivity index is 2.09. The highest BCUT2D eigenvalue weighted by Crippen LogP contribution is 2.37. The molecule has 0 saturated heterocycles. The summed E-state index contributed by atoms with van der Waals surface area (Å²) in [4.78, 5) is 9.87. The molecule has 0 radical (unpaired) electrons. The van der Waals surface area contributed by atoms with Gasteiger partial charge in [0.2, 0.25) is 0 Å². The van der Waals surface area contributed by atoms with E-state index in [0.29, 0.717) is 6.61 Å². The van der Waals surface area contributed by atoms with Gasteiger partial charge in [-0.25, -0.2) is 9.97 Å². The molecule has 0 unspecified atom stereocenters. The number of benzene rings is 1. The monoisotopic (exact) mass is 327 g/mol. The van der Waals surface area contributed by atoms with E-state index in [1.54, 1.807) is 24.8 Å². The molecule has 0 saturated carbocycles. The fourth-order valence-electron chi connectivity index (χ4n) is 2.63. The molecule has 3 rings (SSSR count). The average Bonchev–Trinajstić information content (AvgIpc) is 2.95. The zero-order valence-corrected chi connectivity index (χ0v) is 14.7. The second-order valence-electron chi connectivity index (χ2n) is 5.85. The predicted molar refractivity (Wildman–Crippen MR) is 97.3 cm³/mol. The summed E-state index contributed by atoms with van der Waals surface area (Å²) in [6, 6.07) is 6.75. The fraction of sp³-hybridized carbons (Fsp3) is 0.333. The van der Waals surface area contributed by atoms with Crippen molar-refractivity contribution in [2.45, 2.75) is 26.8 Å². The van der Waals surface area contributed by atoms with Crippen molar-refractivity contribution in [3.05, 3.63) is 41.0 Å². The van der Waals surface area contributed by atoms with Crippen molar-refractivity contribution < 1.29 is 4.74 Å². The molecule has 120 valence electrons. The van der Waals surface area contributed by atoms with Gasteiger partial charge in [0.25, 0.3) is 0 Å². The molecule has 0 bridgehead atoms.